The van der Waals surface area contributed by atoms with Gasteiger partial charge < -0.3 is 19.3 Å². The maximum absolute atomic E-state index is 13.3. The maximum Gasteiger partial charge on any atom is 0.414 e. The van der Waals surface area contributed by atoms with E-state index in [1.165, 1.54) is 4.90 Å². The Morgan fingerprint density at radius 1 is 0.964 bits per heavy atom. The van der Waals surface area contributed by atoms with E-state index in [1.54, 1.807) is 26.2 Å². The monoisotopic (exact) mass is 396 g/mol. The van der Waals surface area contributed by atoms with Crippen molar-refractivity contribution >= 4 is 6.09 Å². The number of ether oxygens (including phenoxy) is 2. The van der Waals surface area contributed by atoms with Crippen LogP contribution in [0.15, 0.2) is 36.4 Å². The molecule has 0 bridgehead atoms. The summed E-state index contributed by atoms with van der Waals surface area (Å²) in [5.74, 6) is -3.74. The van der Waals surface area contributed by atoms with E-state index in [9.17, 15) is 18.0 Å². The van der Waals surface area contributed by atoms with Gasteiger partial charge in [-0.2, -0.15) is 0 Å². The number of rotatable bonds is 7. The van der Waals surface area contributed by atoms with E-state index in [2.05, 4.69) is 0 Å². The fraction of sp³-hybridized carbons (Fsp3) is 0.350. The van der Waals surface area contributed by atoms with Crippen LogP contribution in [-0.4, -0.2) is 50.7 Å². The number of nitrogens with zero attached hydrogens (tertiary/aromatic N) is 2. The number of carbonyl (C=O) groups is 1. The number of halogens is 3. The lowest BCUT2D eigenvalue weighted by Crippen LogP contribution is -2.25. The molecule has 0 radical (unpaired) electrons. The van der Waals surface area contributed by atoms with Gasteiger partial charge in [-0.15, -0.1) is 0 Å². The van der Waals surface area contributed by atoms with E-state index in [4.69, 9.17) is 9.47 Å². The molecule has 0 saturated carbocycles. The number of amides is 1. The summed E-state index contributed by atoms with van der Waals surface area (Å²) >= 11 is 0. The molecular weight excluding hydrogens is 373 g/mol. The molecule has 0 N–H and O–H groups in total. The average molecular weight is 396 g/mol. The van der Waals surface area contributed by atoms with E-state index in [-0.39, 0.29) is 18.4 Å². The van der Waals surface area contributed by atoms with E-state index >= 15 is 0 Å². The number of hydrogen-bond acceptors (Lipinski definition) is 4. The molecule has 28 heavy (non-hydrogen) atoms. The van der Waals surface area contributed by atoms with Crippen molar-refractivity contribution in [3.05, 3.63) is 59.4 Å². The van der Waals surface area contributed by atoms with Gasteiger partial charge in [0.15, 0.2) is 17.5 Å². The standard InChI is InChI=1S/C20H23F3N2O3/c1-24(2)18(9-10-27-15-11-16(21)19(23)17(22)12-15)13-5-7-14(8-6-13)28-20(26)25(3)4/h5-8,11-12,18H,9-10H2,1-4H3. The summed E-state index contributed by atoms with van der Waals surface area (Å²) < 4.78 is 50.1. The van der Waals surface area contributed by atoms with E-state index < -0.39 is 23.5 Å². The number of benzene rings is 2. The van der Waals surface area contributed by atoms with Crippen LogP contribution in [0, 0.1) is 17.5 Å². The zero-order chi connectivity index (χ0) is 20.8. The fourth-order valence-electron chi connectivity index (χ4n) is 2.58. The molecule has 5 nitrogen and oxygen atoms in total. The van der Waals surface area contributed by atoms with Gasteiger partial charge in [-0.05, 0) is 31.8 Å². The summed E-state index contributed by atoms with van der Waals surface area (Å²) in [6.07, 6.45) is 0.0498. The van der Waals surface area contributed by atoms with Crippen LogP contribution in [0.5, 0.6) is 11.5 Å². The highest BCUT2D eigenvalue weighted by atomic mass is 19.2. The Labute approximate surface area is 162 Å². The summed E-state index contributed by atoms with van der Waals surface area (Å²) in [5.41, 5.74) is 0.953. The minimum atomic E-state index is -1.52. The van der Waals surface area contributed by atoms with Crippen LogP contribution in [-0.2, 0) is 0 Å². The van der Waals surface area contributed by atoms with Crippen molar-refractivity contribution in [1.29, 1.82) is 0 Å². The van der Waals surface area contributed by atoms with E-state index in [0.717, 1.165) is 17.7 Å². The van der Waals surface area contributed by atoms with Crippen LogP contribution >= 0.6 is 0 Å². The Morgan fingerprint density at radius 3 is 2.04 bits per heavy atom. The average Bonchev–Trinajstić information content (AvgIpc) is 2.63. The molecule has 2 aromatic carbocycles. The molecule has 2 aromatic rings. The van der Waals surface area contributed by atoms with Crippen molar-refractivity contribution in [2.45, 2.75) is 12.5 Å². The fourth-order valence-corrected chi connectivity index (χ4v) is 2.58. The lowest BCUT2D eigenvalue weighted by Gasteiger charge is -2.25. The molecule has 1 unspecified atom stereocenters. The Hall–Kier alpha value is -2.74. The Kier molecular flexibility index (Phi) is 7.28. The second-order valence-corrected chi connectivity index (χ2v) is 6.65. The molecule has 0 heterocycles. The van der Waals surface area contributed by atoms with Crippen LogP contribution in [0.1, 0.15) is 18.0 Å². The maximum atomic E-state index is 13.3. The summed E-state index contributed by atoms with van der Waals surface area (Å²) in [6, 6.07) is 8.64. The highest BCUT2D eigenvalue weighted by molar-refractivity contribution is 5.69. The van der Waals surface area contributed by atoms with Gasteiger partial charge in [-0.1, -0.05) is 12.1 Å². The number of hydrogen-bond donors (Lipinski definition) is 0. The van der Waals surface area contributed by atoms with Crippen LogP contribution in [0.25, 0.3) is 0 Å². The van der Waals surface area contributed by atoms with Gasteiger partial charge in [-0.3, -0.25) is 0 Å². The van der Waals surface area contributed by atoms with Crippen molar-refractivity contribution in [3.8, 4) is 11.5 Å². The third kappa shape index (κ3) is 5.63. The second-order valence-electron chi connectivity index (χ2n) is 6.65. The van der Waals surface area contributed by atoms with Crippen LogP contribution < -0.4 is 9.47 Å². The van der Waals surface area contributed by atoms with Crippen molar-refractivity contribution in [2.24, 2.45) is 0 Å². The first-order chi connectivity index (χ1) is 13.2. The largest absolute Gasteiger partial charge is 0.493 e. The Balaban J connectivity index is 2.00. The van der Waals surface area contributed by atoms with Gasteiger partial charge in [0.05, 0.1) is 6.61 Å². The van der Waals surface area contributed by atoms with Gasteiger partial charge in [-0.25, -0.2) is 18.0 Å². The third-order valence-electron chi connectivity index (χ3n) is 4.08. The first kappa shape index (κ1) is 21.6. The molecule has 2 rings (SSSR count). The van der Waals surface area contributed by atoms with Gasteiger partial charge >= 0.3 is 6.09 Å². The Morgan fingerprint density at radius 2 is 1.54 bits per heavy atom. The quantitative estimate of drug-likeness (QED) is 0.657. The molecule has 1 amide bonds. The van der Waals surface area contributed by atoms with Gasteiger partial charge in [0.2, 0.25) is 0 Å². The normalized spacial score (nSPS) is 12.0. The summed E-state index contributed by atoms with van der Waals surface area (Å²) in [5, 5.41) is 0. The summed E-state index contributed by atoms with van der Waals surface area (Å²) in [4.78, 5) is 14.9. The van der Waals surface area contributed by atoms with Crippen LogP contribution in [0.4, 0.5) is 18.0 Å². The molecule has 8 heteroatoms. The molecule has 1 atom stereocenters. The predicted molar refractivity (Wildman–Crippen MR) is 99.0 cm³/mol. The lowest BCUT2D eigenvalue weighted by molar-refractivity contribution is 0.172. The molecule has 0 aliphatic rings. The van der Waals surface area contributed by atoms with E-state index in [0.29, 0.717) is 12.2 Å². The zero-order valence-electron chi connectivity index (χ0n) is 16.2. The molecule has 152 valence electrons. The van der Waals surface area contributed by atoms with Crippen LogP contribution in [0.3, 0.4) is 0 Å². The van der Waals surface area contributed by atoms with Crippen molar-refractivity contribution in [1.82, 2.24) is 9.80 Å². The molecule has 0 aliphatic heterocycles. The topological polar surface area (TPSA) is 42.0 Å². The van der Waals surface area contributed by atoms with Crippen molar-refractivity contribution in [3.63, 3.8) is 0 Å². The Bertz CT molecular complexity index is 788. The third-order valence-corrected chi connectivity index (χ3v) is 4.08. The second kappa shape index (κ2) is 9.45. The highest BCUT2D eigenvalue weighted by Gasteiger charge is 2.16. The van der Waals surface area contributed by atoms with Crippen LogP contribution in [0.2, 0.25) is 0 Å². The summed E-state index contributed by atoms with van der Waals surface area (Å²) in [6.45, 7) is 0.171. The van der Waals surface area contributed by atoms with Crippen molar-refractivity contribution in [2.75, 3.05) is 34.8 Å². The lowest BCUT2D eigenvalue weighted by atomic mass is 10.0. The SMILES string of the molecule is CN(C)C(=O)Oc1ccc(C(CCOc2cc(F)c(F)c(F)c2)N(C)C)cc1. The zero-order valence-corrected chi connectivity index (χ0v) is 16.2. The minimum Gasteiger partial charge on any atom is -0.493 e. The van der Waals surface area contributed by atoms with Gasteiger partial charge in [0.25, 0.3) is 0 Å². The summed E-state index contributed by atoms with van der Waals surface area (Å²) in [7, 11) is 6.97. The first-order valence-corrected chi connectivity index (χ1v) is 8.62. The molecular formula is C20H23F3N2O3. The smallest absolute Gasteiger partial charge is 0.414 e. The molecule has 0 saturated heterocycles. The predicted octanol–water partition coefficient (Wildman–Crippen LogP) is 4.24. The molecule has 0 spiro atoms. The van der Waals surface area contributed by atoms with E-state index in [1.807, 2.05) is 31.1 Å². The molecule has 0 aliphatic carbocycles. The molecule has 0 aromatic heterocycles. The van der Waals surface area contributed by atoms with Gasteiger partial charge in [0, 0.05) is 38.7 Å². The first-order valence-electron chi connectivity index (χ1n) is 8.62. The minimum absolute atomic E-state index is 0.0475. The molecule has 0 fully saturated rings. The highest BCUT2D eigenvalue weighted by Crippen LogP contribution is 2.26. The number of carbonyl (C=O) groups excluding carboxylic acids is 1. The van der Waals surface area contributed by atoms with Crippen molar-refractivity contribution < 1.29 is 27.4 Å². The van der Waals surface area contributed by atoms with Gasteiger partial charge in [0.1, 0.15) is 11.5 Å².